The van der Waals surface area contributed by atoms with Crippen LogP contribution in [0.3, 0.4) is 0 Å². The monoisotopic (exact) mass is 329 g/mol. The minimum Gasteiger partial charge on any atom is -0.380 e. The van der Waals surface area contributed by atoms with Crippen LogP contribution in [0.25, 0.3) is 5.82 Å². The second-order valence-corrected chi connectivity index (χ2v) is 5.14. The number of aromatic nitrogens is 4. The molecule has 0 saturated heterocycles. The number of hydrogen-bond acceptors (Lipinski definition) is 4. The highest BCUT2D eigenvalue weighted by molar-refractivity contribution is 9.10. The Balaban J connectivity index is 1.67. The van der Waals surface area contributed by atoms with Gasteiger partial charge in [0, 0.05) is 35.8 Å². The fourth-order valence-electron chi connectivity index (χ4n) is 1.79. The molecule has 20 heavy (non-hydrogen) atoms. The largest absolute Gasteiger partial charge is 0.380 e. The highest BCUT2D eigenvalue weighted by atomic mass is 79.9. The van der Waals surface area contributed by atoms with Crippen LogP contribution < -0.4 is 5.32 Å². The molecule has 3 aromatic heterocycles. The highest BCUT2D eigenvalue weighted by Crippen LogP contribution is 2.13. The van der Waals surface area contributed by atoms with Crippen molar-refractivity contribution in [1.82, 2.24) is 19.7 Å². The zero-order valence-electron chi connectivity index (χ0n) is 10.6. The third kappa shape index (κ3) is 3.03. The zero-order chi connectivity index (χ0) is 13.8. The summed E-state index contributed by atoms with van der Waals surface area (Å²) in [4.78, 5) is 8.49. The fourth-order valence-corrected chi connectivity index (χ4v) is 2.20. The number of pyridine rings is 2. The van der Waals surface area contributed by atoms with Gasteiger partial charge in [0.2, 0.25) is 0 Å². The molecule has 1 N–H and O–H groups in total. The van der Waals surface area contributed by atoms with Crippen LogP contribution in [-0.4, -0.2) is 19.7 Å². The van der Waals surface area contributed by atoms with Gasteiger partial charge in [-0.05, 0) is 45.8 Å². The van der Waals surface area contributed by atoms with Crippen LogP contribution in [0.5, 0.6) is 0 Å². The molecule has 0 aliphatic carbocycles. The first-order valence-corrected chi connectivity index (χ1v) is 6.90. The lowest BCUT2D eigenvalue weighted by atomic mass is 10.3. The van der Waals surface area contributed by atoms with Crippen LogP contribution in [0.1, 0.15) is 5.56 Å². The summed E-state index contributed by atoms with van der Waals surface area (Å²) in [6, 6.07) is 7.81. The molecule has 0 aromatic carbocycles. The summed E-state index contributed by atoms with van der Waals surface area (Å²) >= 11 is 3.41. The van der Waals surface area contributed by atoms with Crippen molar-refractivity contribution in [2.75, 3.05) is 5.32 Å². The van der Waals surface area contributed by atoms with E-state index in [9.17, 15) is 0 Å². The number of halogens is 1. The Morgan fingerprint density at radius 1 is 1.20 bits per heavy atom. The van der Waals surface area contributed by atoms with Crippen molar-refractivity contribution in [3.63, 3.8) is 0 Å². The molecule has 3 rings (SSSR count). The lowest BCUT2D eigenvalue weighted by molar-refractivity contribution is 0.847. The minimum atomic E-state index is 0.704. The third-order valence-electron chi connectivity index (χ3n) is 2.75. The summed E-state index contributed by atoms with van der Waals surface area (Å²) in [5, 5.41) is 7.45. The predicted octanol–water partition coefficient (Wildman–Crippen LogP) is 3.04. The van der Waals surface area contributed by atoms with Crippen molar-refractivity contribution in [2.45, 2.75) is 6.54 Å². The first kappa shape index (κ1) is 12.8. The van der Waals surface area contributed by atoms with Gasteiger partial charge in [-0.2, -0.15) is 5.10 Å². The highest BCUT2D eigenvalue weighted by Gasteiger charge is 1.99. The average molecular weight is 330 g/mol. The first-order valence-electron chi connectivity index (χ1n) is 6.11. The predicted molar refractivity (Wildman–Crippen MR) is 80.6 cm³/mol. The van der Waals surface area contributed by atoms with E-state index in [1.807, 2.05) is 36.7 Å². The second-order valence-electron chi connectivity index (χ2n) is 4.22. The number of nitrogens with zero attached hydrogens (tertiary/aromatic N) is 4. The molecule has 0 bridgehead atoms. The van der Waals surface area contributed by atoms with E-state index >= 15 is 0 Å². The molecule has 3 aromatic rings. The molecule has 0 aliphatic rings. The van der Waals surface area contributed by atoms with Crippen molar-refractivity contribution in [3.8, 4) is 5.82 Å². The Bertz CT molecular complexity index is 679. The summed E-state index contributed by atoms with van der Waals surface area (Å²) in [6.45, 7) is 0.704. The van der Waals surface area contributed by atoms with Crippen LogP contribution in [-0.2, 0) is 6.54 Å². The molecule has 0 amide bonds. The maximum absolute atomic E-state index is 4.36. The van der Waals surface area contributed by atoms with Crippen molar-refractivity contribution in [1.29, 1.82) is 0 Å². The van der Waals surface area contributed by atoms with Crippen molar-refractivity contribution in [3.05, 3.63) is 65.3 Å². The first-order chi connectivity index (χ1) is 9.81. The Labute approximate surface area is 124 Å². The van der Waals surface area contributed by atoms with E-state index in [1.54, 1.807) is 23.3 Å². The maximum atomic E-state index is 4.36. The van der Waals surface area contributed by atoms with Gasteiger partial charge in [-0.1, -0.05) is 0 Å². The molecule has 5 nitrogen and oxygen atoms in total. The summed E-state index contributed by atoms with van der Waals surface area (Å²) in [5.41, 5.74) is 2.07. The van der Waals surface area contributed by atoms with E-state index in [1.165, 1.54) is 0 Å². The molecular weight excluding hydrogens is 318 g/mol. The third-order valence-corrected chi connectivity index (χ3v) is 3.18. The Hall–Kier alpha value is -2.21. The standard InChI is InChI=1S/C14H12BrN5/c15-12-6-11(7-16-9-12)8-17-13-2-3-14(18-10-13)20-5-1-4-19-20/h1-7,9-10,17H,8H2. The molecule has 0 saturated carbocycles. The molecule has 100 valence electrons. The normalized spacial score (nSPS) is 10.4. The molecule has 0 aliphatic heterocycles. The SMILES string of the molecule is Brc1cncc(CNc2ccc(-n3cccn3)nc2)c1. The Morgan fingerprint density at radius 2 is 2.15 bits per heavy atom. The Kier molecular flexibility index (Phi) is 3.73. The zero-order valence-corrected chi connectivity index (χ0v) is 12.2. The summed E-state index contributed by atoms with van der Waals surface area (Å²) in [5.74, 6) is 0.796. The van der Waals surface area contributed by atoms with E-state index < -0.39 is 0 Å². The molecular formula is C14H12BrN5. The summed E-state index contributed by atoms with van der Waals surface area (Å²) in [6.07, 6.45) is 8.99. The van der Waals surface area contributed by atoms with E-state index in [2.05, 4.69) is 36.3 Å². The van der Waals surface area contributed by atoms with Crippen molar-refractivity contribution >= 4 is 21.6 Å². The molecule has 0 atom stereocenters. The molecule has 0 unspecified atom stereocenters. The van der Waals surface area contributed by atoms with Gasteiger partial charge in [0.25, 0.3) is 0 Å². The quantitative estimate of drug-likeness (QED) is 0.799. The van der Waals surface area contributed by atoms with E-state index in [0.29, 0.717) is 6.54 Å². The van der Waals surface area contributed by atoms with Crippen LogP contribution >= 0.6 is 15.9 Å². The fraction of sp³-hybridized carbons (Fsp3) is 0.0714. The maximum Gasteiger partial charge on any atom is 0.153 e. The molecule has 6 heteroatoms. The van der Waals surface area contributed by atoms with Crippen LogP contribution in [0.4, 0.5) is 5.69 Å². The van der Waals surface area contributed by atoms with Gasteiger partial charge in [-0.15, -0.1) is 0 Å². The lowest BCUT2D eigenvalue weighted by Gasteiger charge is -2.07. The number of anilines is 1. The summed E-state index contributed by atoms with van der Waals surface area (Å²) in [7, 11) is 0. The summed E-state index contributed by atoms with van der Waals surface area (Å²) < 4.78 is 2.70. The van der Waals surface area contributed by atoms with Gasteiger partial charge in [0.05, 0.1) is 11.9 Å². The van der Waals surface area contributed by atoms with E-state index in [0.717, 1.165) is 21.5 Å². The van der Waals surface area contributed by atoms with Crippen molar-refractivity contribution < 1.29 is 0 Å². The molecule has 0 spiro atoms. The van der Waals surface area contributed by atoms with Crippen molar-refractivity contribution in [2.24, 2.45) is 0 Å². The lowest BCUT2D eigenvalue weighted by Crippen LogP contribution is -2.02. The average Bonchev–Trinajstić information content (AvgIpc) is 3.00. The molecule has 3 heterocycles. The van der Waals surface area contributed by atoms with Gasteiger partial charge in [-0.3, -0.25) is 4.98 Å². The second kappa shape index (κ2) is 5.83. The number of rotatable bonds is 4. The minimum absolute atomic E-state index is 0.704. The van der Waals surface area contributed by atoms with Crippen LogP contribution in [0, 0.1) is 0 Å². The topological polar surface area (TPSA) is 55.6 Å². The van der Waals surface area contributed by atoms with Gasteiger partial charge in [-0.25, -0.2) is 9.67 Å². The van der Waals surface area contributed by atoms with Gasteiger partial charge in [0.15, 0.2) is 5.82 Å². The van der Waals surface area contributed by atoms with E-state index in [-0.39, 0.29) is 0 Å². The molecule has 0 fully saturated rings. The number of nitrogens with one attached hydrogen (secondary N) is 1. The molecule has 0 radical (unpaired) electrons. The van der Waals surface area contributed by atoms with Gasteiger partial charge < -0.3 is 5.32 Å². The smallest absolute Gasteiger partial charge is 0.153 e. The number of hydrogen-bond donors (Lipinski definition) is 1. The van der Waals surface area contributed by atoms with Gasteiger partial charge in [0.1, 0.15) is 0 Å². The van der Waals surface area contributed by atoms with Crippen LogP contribution in [0.2, 0.25) is 0 Å². The Morgan fingerprint density at radius 3 is 2.85 bits per heavy atom. The van der Waals surface area contributed by atoms with Gasteiger partial charge >= 0.3 is 0 Å². The van der Waals surface area contributed by atoms with Crippen LogP contribution in [0.15, 0.2) is 59.7 Å². The van der Waals surface area contributed by atoms with E-state index in [4.69, 9.17) is 0 Å².